The van der Waals surface area contributed by atoms with E-state index in [1.165, 1.54) is 51.4 Å². The summed E-state index contributed by atoms with van der Waals surface area (Å²) in [7, 11) is 0. The number of fused-ring (bicyclic) bond motifs is 1. The predicted molar refractivity (Wildman–Crippen MR) is 90.1 cm³/mol. The van der Waals surface area contributed by atoms with Crippen LogP contribution in [0.3, 0.4) is 0 Å². The molecule has 0 aromatic carbocycles. The molecule has 24 heavy (non-hydrogen) atoms. The summed E-state index contributed by atoms with van der Waals surface area (Å²) in [6.45, 7) is 3.14. The molecule has 4 aliphatic rings. The van der Waals surface area contributed by atoms with Gasteiger partial charge in [-0.05, 0) is 12.8 Å². The Morgan fingerprint density at radius 2 is 1.29 bits per heavy atom. The standard InChI is InChI=1S/C19H30N2O3/c22-17-9-10-18(23)21(17)19(20-11-13-24-14-12-20)15-7-5-3-1-2-4-6-8-16(15)19/h15-16H,1-14H2. The van der Waals surface area contributed by atoms with Crippen molar-refractivity contribution in [2.24, 2.45) is 11.8 Å². The van der Waals surface area contributed by atoms with Gasteiger partial charge in [-0.25, -0.2) is 0 Å². The minimum Gasteiger partial charge on any atom is -0.379 e. The summed E-state index contributed by atoms with van der Waals surface area (Å²) in [6.07, 6.45) is 10.9. The Kier molecular flexibility index (Phi) is 4.65. The number of amides is 2. The number of likely N-dealkylation sites (tertiary alicyclic amines) is 1. The van der Waals surface area contributed by atoms with Crippen molar-refractivity contribution in [1.82, 2.24) is 9.80 Å². The zero-order valence-electron chi connectivity index (χ0n) is 14.7. The van der Waals surface area contributed by atoms with Crippen LogP contribution < -0.4 is 0 Å². The minimum absolute atomic E-state index is 0.0638. The number of carbonyl (C=O) groups excluding carboxylic acids is 2. The fraction of sp³-hybridized carbons (Fsp3) is 0.895. The Hall–Kier alpha value is -0.940. The van der Waals surface area contributed by atoms with Crippen LogP contribution in [0.2, 0.25) is 0 Å². The van der Waals surface area contributed by atoms with Gasteiger partial charge in [-0.2, -0.15) is 0 Å². The second-order valence-corrected chi connectivity index (χ2v) is 7.92. The second kappa shape index (κ2) is 6.75. The van der Waals surface area contributed by atoms with Gasteiger partial charge in [0.15, 0.2) is 0 Å². The third kappa shape index (κ3) is 2.60. The molecule has 0 spiro atoms. The molecule has 0 N–H and O–H groups in total. The van der Waals surface area contributed by atoms with Crippen molar-refractivity contribution in [1.29, 1.82) is 0 Å². The van der Waals surface area contributed by atoms with Crippen molar-refractivity contribution >= 4 is 11.8 Å². The summed E-state index contributed by atoms with van der Waals surface area (Å²) >= 11 is 0. The van der Waals surface area contributed by atoms with Crippen molar-refractivity contribution in [3.05, 3.63) is 0 Å². The summed E-state index contributed by atoms with van der Waals surface area (Å²) < 4.78 is 5.55. The van der Waals surface area contributed by atoms with Gasteiger partial charge in [0.2, 0.25) is 11.8 Å². The molecular weight excluding hydrogens is 304 g/mol. The van der Waals surface area contributed by atoms with Crippen molar-refractivity contribution in [3.63, 3.8) is 0 Å². The molecule has 2 saturated carbocycles. The van der Waals surface area contributed by atoms with Gasteiger partial charge in [-0.15, -0.1) is 0 Å². The van der Waals surface area contributed by atoms with Crippen molar-refractivity contribution in [3.8, 4) is 0 Å². The number of nitrogens with zero attached hydrogens (tertiary/aromatic N) is 2. The number of hydrogen-bond donors (Lipinski definition) is 0. The minimum atomic E-state index is -0.307. The van der Waals surface area contributed by atoms with Crippen LogP contribution in [0, 0.1) is 11.8 Å². The van der Waals surface area contributed by atoms with E-state index in [2.05, 4.69) is 4.90 Å². The maximum Gasteiger partial charge on any atom is 0.231 e. The molecule has 134 valence electrons. The van der Waals surface area contributed by atoms with E-state index in [4.69, 9.17) is 4.74 Å². The number of ether oxygens (including phenoxy) is 1. The Labute approximate surface area is 144 Å². The van der Waals surface area contributed by atoms with Gasteiger partial charge in [0.05, 0.1) is 13.2 Å². The zero-order chi connectivity index (χ0) is 16.6. The summed E-state index contributed by atoms with van der Waals surface area (Å²) in [4.78, 5) is 29.4. The number of rotatable bonds is 2. The smallest absolute Gasteiger partial charge is 0.231 e. The van der Waals surface area contributed by atoms with Crippen LogP contribution in [-0.4, -0.2) is 53.6 Å². The Morgan fingerprint density at radius 3 is 1.83 bits per heavy atom. The first kappa shape index (κ1) is 16.5. The molecule has 5 nitrogen and oxygen atoms in total. The third-order valence-electron chi connectivity index (χ3n) is 6.68. The number of carbonyl (C=O) groups is 2. The van der Waals surface area contributed by atoms with E-state index in [0.29, 0.717) is 24.7 Å². The zero-order valence-corrected chi connectivity index (χ0v) is 14.7. The molecule has 2 unspecified atom stereocenters. The molecule has 0 aromatic heterocycles. The first-order valence-electron chi connectivity index (χ1n) is 9.95. The largest absolute Gasteiger partial charge is 0.379 e. The number of morpholine rings is 1. The SMILES string of the molecule is O=C1CCC(=O)N1C1(N2CCOCC2)C2CCCCCCCCC21. The van der Waals surface area contributed by atoms with Crippen molar-refractivity contribution in [2.45, 2.75) is 69.9 Å². The van der Waals surface area contributed by atoms with E-state index in [9.17, 15) is 9.59 Å². The van der Waals surface area contributed by atoms with Gasteiger partial charge < -0.3 is 4.74 Å². The van der Waals surface area contributed by atoms with Gasteiger partial charge in [-0.1, -0.05) is 38.5 Å². The average molecular weight is 334 g/mol. The van der Waals surface area contributed by atoms with Gasteiger partial charge in [0.1, 0.15) is 5.66 Å². The molecule has 2 aliphatic heterocycles. The van der Waals surface area contributed by atoms with Crippen LogP contribution in [0.4, 0.5) is 0 Å². The molecule has 2 atom stereocenters. The molecule has 0 radical (unpaired) electrons. The van der Waals surface area contributed by atoms with Gasteiger partial charge in [0.25, 0.3) is 0 Å². The van der Waals surface area contributed by atoms with E-state index >= 15 is 0 Å². The highest BCUT2D eigenvalue weighted by Crippen LogP contribution is 2.62. The fourth-order valence-electron chi connectivity index (χ4n) is 5.61. The van der Waals surface area contributed by atoms with Gasteiger partial charge in [0, 0.05) is 37.8 Å². The van der Waals surface area contributed by atoms with Crippen LogP contribution in [0.1, 0.15) is 64.2 Å². The molecule has 2 saturated heterocycles. The van der Waals surface area contributed by atoms with Crippen LogP contribution in [-0.2, 0) is 14.3 Å². The fourth-order valence-corrected chi connectivity index (χ4v) is 5.61. The first-order chi connectivity index (χ1) is 11.8. The quantitative estimate of drug-likeness (QED) is 0.728. The van der Waals surface area contributed by atoms with E-state index < -0.39 is 0 Å². The highest BCUT2D eigenvalue weighted by Gasteiger charge is 2.72. The van der Waals surface area contributed by atoms with E-state index in [0.717, 1.165) is 26.3 Å². The Balaban J connectivity index is 1.65. The monoisotopic (exact) mass is 334 g/mol. The van der Waals surface area contributed by atoms with Crippen molar-refractivity contribution < 1.29 is 14.3 Å². The third-order valence-corrected chi connectivity index (χ3v) is 6.68. The molecule has 2 heterocycles. The molecule has 0 aromatic rings. The van der Waals surface area contributed by atoms with Crippen LogP contribution >= 0.6 is 0 Å². The Bertz CT molecular complexity index is 469. The normalized spacial score (nSPS) is 38.9. The van der Waals surface area contributed by atoms with E-state index in [-0.39, 0.29) is 17.5 Å². The molecule has 4 fully saturated rings. The molecule has 2 aliphatic carbocycles. The second-order valence-electron chi connectivity index (χ2n) is 7.92. The van der Waals surface area contributed by atoms with Crippen LogP contribution in [0.15, 0.2) is 0 Å². The maximum absolute atomic E-state index is 12.6. The van der Waals surface area contributed by atoms with Crippen molar-refractivity contribution in [2.75, 3.05) is 26.3 Å². The summed E-state index contributed by atoms with van der Waals surface area (Å²) in [5.74, 6) is 1.10. The van der Waals surface area contributed by atoms with Gasteiger partial charge in [-0.3, -0.25) is 19.4 Å². The molecule has 0 bridgehead atoms. The number of hydrogen-bond acceptors (Lipinski definition) is 4. The highest BCUT2D eigenvalue weighted by molar-refractivity contribution is 6.03. The van der Waals surface area contributed by atoms with Crippen LogP contribution in [0.25, 0.3) is 0 Å². The lowest BCUT2D eigenvalue weighted by Gasteiger charge is -2.41. The number of imide groups is 1. The first-order valence-corrected chi connectivity index (χ1v) is 9.95. The lowest BCUT2D eigenvalue weighted by molar-refractivity contribution is -0.152. The molecule has 5 heteroatoms. The molecule has 2 amide bonds. The van der Waals surface area contributed by atoms with E-state index in [1.807, 2.05) is 0 Å². The maximum atomic E-state index is 12.6. The summed E-state index contributed by atoms with van der Waals surface area (Å²) in [6, 6.07) is 0. The molecular formula is C19H30N2O3. The molecule has 4 rings (SSSR count). The lowest BCUT2D eigenvalue weighted by Crippen LogP contribution is -2.58. The Morgan fingerprint density at radius 1 is 0.792 bits per heavy atom. The summed E-state index contributed by atoms with van der Waals surface area (Å²) in [5, 5.41) is 0. The van der Waals surface area contributed by atoms with Gasteiger partial charge >= 0.3 is 0 Å². The van der Waals surface area contributed by atoms with E-state index in [1.54, 1.807) is 4.90 Å². The topological polar surface area (TPSA) is 49.9 Å². The average Bonchev–Trinajstić information content (AvgIpc) is 3.12. The predicted octanol–water partition coefficient (Wildman–Crippen LogP) is 2.54. The highest BCUT2D eigenvalue weighted by atomic mass is 16.5. The van der Waals surface area contributed by atoms with Crippen LogP contribution in [0.5, 0.6) is 0 Å². The lowest BCUT2D eigenvalue weighted by atomic mass is 10.0. The summed E-state index contributed by atoms with van der Waals surface area (Å²) in [5.41, 5.74) is -0.307.